The highest BCUT2D eigenvalue weighted by Crippen LogP contribution is 2.30. The van der Waals surface area contributed by atoms with E-state index in [1.807, 2.05) is 0 Å². The lowest BCUT2D eigenvalue weighted by molar-refractivity contribution is 0.607. The molecular weight excluding hydrogens is 314 g/mol. The van der Waals surface area contributed by atoms with Gasteiger partial charge in [-0.15, -0.1) is 0 Å². The van der Waals surface area contributed by atoms with E-state index in [1.54, 1.807) is 36.2 Å². The van der Waals surface area contributed by atoms with Crippen molar-refractivity contribution in [3.05, 3.63) is 58.1 Å². The second-order valence-corrected chi connectivity index (χ2v) is 5.13. The minimum absolute atomic E-state index is 0.269. The molecule has 0 amide bonds. The Morgan fingerprint density at radius 3 is 2.53 bits per heavy atom. The van der Waals surface area contributed by atoms with Gasteiger partial charge in [0.25, 0.3) is 0 Å². The van der Waals surface area contributed by atoms with Gasteiger partial charge in [0.2, 0.25) is 0 Å². The normalized spacial score (nSPS) is 10.5. The van der Waals surface area contributed by atoms with E-state index in [-0.39, 0.29) is 5.82 Å². The molecule has 5 heteroatoms. The third-order valence-corrected chi connectivity index (χ3v) is 3.45. The average Bonchev–Trinajstić information content (AvgIpc) is 2.36. The van der Waals surface area contributed by atoms with Crippen molar-refractivity contribution in [2.75, 3.05) is 17.7 Å². The fourth-order valence-corrected chi connectivity index (χ4v) is 2.18. The second-order valence-electron chi connectivity index (χ2n) is 4.27. The number of rotatable bonds is 3. The lowest BCUT2D eigenvalue weighted by Gasteiger charge is -2.22. The molecule has 0 bridgehead atoms. The quantitative estimate of drug-likeness (QED) is 0.865. The fourth-order valence-electron chi connectivity index (χ4n) is 1.85. The molecule has 0 unspecified atom stereocenters. The molecule has 2 aromatic rings. The summed E-state index contributed by atoms with van der Waals surface area (Å²) in [4.78, 5) is 1.78. The minimum atomic E-state index is -0.416. The van der Waals surface area contributed by atoms with E-state index in [4.69, 9.17) is 5.73 Å². The Kier molecular flexibility index (Phi) is 4.04. The largest absolute Gasteiger partial charge is 0.397 e. The maximum Gasteiger partial charge on any atom is 0.139 e. The first-order valence-electron chi connectivity index (χ1n) is 5.68. The van der Waals surface area contributed by atoms with Crippen LogP contribution in [0.3, 0.4) is 0 Å². The summed E-state index contributed by atoms with van der Waals surface area (Å²) in [6.45, 7) is 0.356. The molecule has 0 spiro atoms. The van der Waals surface area contributed by atoms with Crippen molar-refractivity contribution in [3.63, 3.8) is 0 Å². The molecule has 100 valence electrons. The van der Waals surface area contributed by atoms with Crippen LogP contribution in [-0.2, 0) is 6.54 Å². The molecule has 0 aliphatic rings. The van der Waals surface area contributed by atoms with Crippen molar-refractivity contribution in [2.45, 2.75) is 6.54 Å². The van der Waals surface area contributed by atoms with Crippen molar-refractivity contribution in [3.8, 4) is 0 Å². The van der Waals surface area contributed by atoms with Crippen LogP contribution < -0.4 is 10.6 Å². The van der Waals surface area contributed by atoms with Crippen LogP contribution in [-0.4, -0.2) is 7.05 Å². The molecule has 0 saturated carbocycles. The van der Waals surface area contributed by atoms with Crippen LogP contribution in [0, 0.1) is 11.6 Å². The van der Waals surface area contributed by atoms with E-state index in [2.05, 4.69) is 15.9 Å². The monoisotopic (exact) mass is 326 g/mol. The molecule has 0 saturated heterocycles. The molecule has 19 heavy (non-hydrogen) atoms. The predicted octanol–water partition coefficient (Wildman–Crippen LogP) is 3.95. The van der Waals surface area contributed by atoms with Crippen LogP contribution in [0.5, 0.6) is 0 Å². The average molecular weight is 327 g/mol. The zero-order valence-electron chi connectivity index (χ0n) is 10.3. The lowest BCUT2D eigenvalue weighted by Crippen LogP contribution is -2.18. The number of anilines is 2. The van der Waals surface area contributed by atoms with Crippen molar-refractivity contribution >= 4 is 27.3 Å². The molecule has 0 aliphatic heterocycles. The summed E-state index contributed by atoms with van der Waals surface area (Å²) < 4.78 is 27.2. The number of hydrogen-bond acceptors (Lipinski definition) is 2. The maximum atomic E-state index is 13.6. The standard InChI is InChI=1S/C14H13BrF2N2/c1-19(8-9-4-2-3-5-11(9)16)14-6-10(15)12(17)7-13(14)18/h2-7H,8,18H2,1H3. The van der Waals surface area contributed by atoms with Gasteiger partial charge in [0, 0.05) is 25.2 Å². The van der Waals surface area contributed by atoms with Gasteiger partial charge >= 0.3 is 0 Å². The van der Waals surface area contributed by atoms with E-state index in [0.29, 0.717) is 28.0 Å². The number of nitrogen functional groups attached to an aromatic ring is 1. The predicted molar refractivity (Wildman–Crippen MR) is 77.0 cm³/mol. The summed E-state index contributed by atoms with van der Waals surface area (Å²) >= 11 is 3.12. The fraction of sp³-hybridized carbons (Fsp3) is 0.143. The lowest BCUT2D eigenvalue weighted by atomic mass is 10.2. The first kappa shape index (κ1) is 13.8. The molecule has 0 fully saturated rings. The number of halogens is 3. The van der Waals surface area contributed by atoms with E-state index >= 15 is 0 Å². The highest BCUT2D eigenvalue weighted by molar-refractivity contribution is 9.10. The number of benzene rings is 2. The van der Waals surface area contributed by atoms with Crippen molar-refractivity contribution in [2.24, 2.45) is 0 Å². The Morgan fingerprint density at radius 2 is 1.84 bits per heavy atom. The van der Waals surface area contributed by atoms with Crippen molar-refractivity contribution in [1.82, 2.24) is 0 Å². The number of nitrogens with two attached hydrogens (primary N) is 1. The Hall–Kier alpha value is -1.62. The smallest absolute Gasteiger partial charge is 0.139 e. The van der Waals surface area contributed by atoms with Gasteiger partial charge in [-0.3, -0.25) is 0 Å². The second kappa shape index (κ2) is 5.57. The molecule has 2 rings (SSSR count). The SMILES string of the molecule is CN(Cc1ccccc1F)c1cc(Br)c(F)cc1N. The molecular formula is C14H13BrF2N2. The Labute approximate surface area is 119 Å². The molecule has 0 radical (unpaired) electrons. The summed E-state index contributed by atoms with van der Waals surface area (Å²) in [7, 11) is 1.78. The zero-order valence-corrected chi connectivity index (χ0v) is 11.9. The molecule has 0 heterocycles. The van der Waals surface area contributed by atoms with Crippen LogP contribution in [0.4, 0.5) is 20.2 Å². The van der Waals surface area contributed by atoms with Gasteiger partial charge in [0.05, 0.1) is 15.8 Å². The van der Waals surface area contributed by atoms with E-state index in [0.717, 1.165) is 0 Å². The first-order chi connectivity index (χ1) is 8.99. The van der Waals surface area contributed by atoms with Gasteiger partial charge in [0.15, 0.2) is 0 Å². The van der Waals surface area contributed by atoms with Crippen molar-refractivity contribution in [1.29, 1.82) is 0 Å². The topological polar surface area (TPSA) is 29.3 Å². The Morgan fingerprint density at radius 1 is 1.16 bits per heavy atom. The third-order valence-electron chi connectivity index (χ3n) is 2.85. The van der Waals surface area contributed by atoms with E-state index < -0.39 is 5.82 Å². The van der Waals surface area contributed by atoms with E-state index in [1.165, 1.54) is 12.1 Å². The summed E-state index contributed by atoms with van der Waals surface area (Å²) in [5.74, 6) is -0.686. The molecule has 0 aliphatic carbocycles. The maximum absolute atomic E-state index is 13.6. The van der Waals surface area contributed by atoms with Gasteiger partial charge in [0.1, 0.15) is 11.6 Å². The van der Waals surface area contributed by atoms with Crippen LogP contribution in [0.25, 0.3) is 0 Å². The molecule has 2 aromatic carbocycles. The summed E-state index contributed by atoms with van der Waals surface area (Å²) in [5, 5.41) is 0. The zero-order chi connectivity index (χ0) is 14.0. The summed E-state index contributed by atoms with van der Waals surface area (Å²) in [5.41, 5.74) is 7.32. The van der Waals surface area contributed by atoms with Gasteiger partial charge in [-0.05, 0) is 28.1 Å². The molecule has 2 N–H and O–H groups in total. The minimum Gasteiger partial charge on any atom is -0.397 e. The Bertz CT molecular complexity index is 602. The highest BCUT2D eigenvalue weighted by Gasteiger charge is 2.11. The van der Waals surface area contributed by atoms with Gasteiger partial charge in [-0.1, -0.05) is 18.2 Å². The van der Waals surface area contributed by atoms with Gasteiger partial charge in [-0.2, -0.15) is 0 Å². The van der Waals surface area contributed by atoms with Crippen LogP contribution in [0.1, 0.15) is 5.56 Å². The Balaban J connectivity index is 2.28. The summed E-state index contributed by atoms with van der Waals surface area (Å²) in [6, 6.07) is 9.37. The molecule has 0 atom stereocenters. The molecule has 2 nitrogen and oxygen atoms in total. The van der Waals surface area contributed by atoms with Crippen LogP contribution >= 0.6 is 15.9 Å². The van der Waals surface area contributed by atoms with Crippen LogP contribution in [0.2, 0.25) is 0 Å². The summed E-state index contributed by atoms with van der Waals surface area (Å²) in [6.07, 6.45) is 0. The third kappa shape index (κ3) is 3.04. The van der Waals surface area contributed by atoms with Crippen LogP contribution in [0.15, 0.2) is 40.9 Å². The van der Waals surface area contributed by atoms with E-state index in [9.17, 15) is 8.78 Å². The highest BCUT2D eigenvalue weighted by atomic mass is 79.9. The number of hydrogen-bond donors (Lipinski definition) is 1. The molecule has 0 aromatic heterocycles. The number of nitrogens with zero attached hydrogens (tertiary/aromatic N) is 1. The van der Waals surface area contributed by atoms with Crippen molar-refractivity contribution < 1.29 is 8.78 Å². The van der Waals surface area contributed by atoms with Gasteiger partial charge < -0.3 is 10.6 Å². The van der Waals surface area contributed by atoms with Gasteiger partial charge in [-0.25, -0.2) is 8.78 Å². The first-order valence-corrected chi connectivity index (χ1v) is 6.47.